The zero-order valence-corrected chi connectivity index (χ0v) is 19.3. The van der Waals surface area contributed by atoms with Crippen molar-refractivity contribution in [2.45, 2.75) is 12.8 Å². The maximum atomic E-state index is 13.2. The van der Waals surface area contributed by atoms with Gasteiger partial charge in [-0.05, 0) is 30.7 Å². The Morgan fingerprint density at radius 3 is 2.36 bits per heavy atom. The highest BCUT2D eigenvalue weighted by Gasteiger charge is 2.25. The highest BCUT2D eigenvalue weighted by atomic mass is 16.5. The third-order valence-corrected chi connectivity index (χ3v) is 5.71. The monoisotopic (exact) mass is 481 g/mol. The fraction of sp³-hybridized carbons (Fsp3) is 0.143. The standard InChI is InChI=1S/C28H23N3O5/c32-23(18-31-16-8-15-24(31)33)29-21-13-7-14-22(17-21)35-28(34)25-26(19-9-3-1-4-10-19)36-27(30-25)20-11-5-2-6-12-20/h1-7,9-14,17H,8,15-16,18H2,(H,29,32). The van der Waals surface area contributed by atoms with Gasteiger partial charge in [0.2, 0.25) is 17.7 Å². The Hall–Kier alpha value is -4.72. The molecular weight excluding hydrogens is 458 g/mol. The average Bonchev–Trinajstić information content (AvgIpc) is 3.52. The van der Waals surface area contributed by atoms with E-state index in [9.17, 15) is 14.4 Å². The number of benzene rings is 3. The zero-order chi connectivity index (χ0) is 24.9. The lowest BCUT2D eigenvalue weighted by molar-refractivity contribution is -0.131. The number of esters is 1. The second-order valence-corrected chi connectivity index (χ2v) is 8.31. The summed E-state index contributed by atoms with van der Waals surface area (Å²) in [7, 11) is 0. The van der Waals surface area contributed by atoms with Crippen LogP contribution in [0.3, 0.4) is 0 Å². The van der Waals surface area contributed by atoms with Crippen LogP contribution in [-0.4, -0.2) is 40.8 Å². The van der Waals surface area contributed by atoms with Crippen molar-refractivity contribution in [2.24, 2.45) is 0 Å². The average molecular weight is 482 g/mol. The van der Waals surface area contributed by atoms with Gasteiger partial charge in [-0.25, -0.2) is 9.78 Å². The number of nitrogens with zero attached hydrogens (tertiary/aromatic N) is 2. The van der Waals surface area contributed by atoms with Crippen molar-refractivity contribution in [3.8, 4) is 28.5 Å². The number of hydrogen-bond acceptors (Lipinski definition) is 6. The van der Waals surface area contributed by atoms with E-state index in [-0.39, 0.29) is 29.8 Å². The van der Waals surface area contributed by atoms with E-state index in [0.29, 0.717) is 35.9 Å². The molecule has 0 spiro atoms. The third kappa shape index (κ3) is 5.17. The van der Waals surface area contributed by atoms with E-state index in [1.165, 1.54) is 4.90 Å². The molecule has 180 valence electrons. The number of anilines is 1. The number of amides is 2. The summed E-state index contributed by atoms with van der Waals surface area (Å²) in [5.41, 5.74) is 1.92. The Morgan fingerprint density at radius 1 is 0.944 bits per heavy atom. The molecule has 1 saturated heterocycles. The molecule has 0 radical (unpaired) electrons. The van der Waals surface area contributed by atoms with E-state index in [4.69, 9.17) is 9.15 Å². The van der Waals surface area contributed by atoms with E-state index in [0.717, 1.165) is 12.0 Å². The first-order valence-corrected chi connectivity index (χ1v) is 11.6. The summed E-state index contributed by atoms with van der Waals surface area (Å²) >= 11 is 0. The lowest BCUT2D eigenvalue weighted by Gasteiger charge is -2.15. The quantitative estimate of drug-likeness (QED) is 0.301. The first kappa shape index (κ1) is 23.0. The summed E-state index contributed by atoms with van der Waals surface area (Å²) in [6.45, 7) is 0.570. The highest BCUT2D eigenvalue weighted by Crippen LogP contribution is 2.31. The van der Waals surface area contributed by atoms with Gasteiger partial charge in [0.05, 0.1) is 6.54 Å². The van der Waals surface area contributed by atoms with Crippen LogP contribution in [0.1, 0.15) is 23.3 Å². The Labute approximate surface area is 207 Å². The van der Waals surface area contributed by atoms with Gasteiger partial charge in [-0.2, -0.15) is 0 Å². The molecule has 1 fully saturated rings. The summed E-state index contributed by atoms with van der Waals surface area (Å²) in [5, 5.41) is 2.75. The molecule has 2 amide bonds. The zero-order valence-electron chi connectivity index (χ0n) is 19.3. The Morgan fingerprint density at radius 2 is 1.67 bits per heavy atom. The van der Waals surface area contributed by atoms with Gasteiger partial charge >= 0.3 is 5.97 Å². The van der Waals surface area contributed by atoms with Crippen molar-refractivity contribution in [3.63, 3.8) is 0 Å². The van der Waals surface area contributed by atoms with Crippen LogP contribution < -0.4 is 10.1 Å². The molecule has 0 aliphatic carbocycles. The topological polar surface area (TPSA) is 102 Å². The molecule has 0 saturated carbocycles. The molecule has 0 atom stereocenters. The second-order valence-electron chi connectivity index (χ2n) is 8.31. The molecule has 1 aromatic heterocycles. The van der Waals surface area contributed by atoms with Crippen molar-refractivity contribution in [1.82, 2.24) is 9.88 Å². The Bertz CT molecular complexity index is 1400. The number of hydrogen-bond donors (Lipinski definition) is 1. The summed E-state index contributed by atoms with van der Waals surface area (Å²) < 4.78 is 11.6. The van der Waals surface area contributed by atoms with Crippen LogP contribution >= 0.6 is 0 Å². The van der Waals surface area contributed by atoms with Crippen molar-refractivity contribution >= 4 is 23.5 Å². The van der Waals surface area contributed by atoms with Crippen LogP contribution in [0.2, 0.25) is 0 Å². The molecule has 8 heteroatoms. The number of aromatic nitrogens is 1. The number of ether oxygens (including phenoxy) is 1. The van der Waals surface area contributed by atoms with Gasteiger partial charge in [0, 0.05) is 35.8 Å². The SMILES string of the molecule is O=C(CN1CCCC1=O)Nc1cccc(OC(=O)c2nc(-c3ccccc3)oc2-c2ccccc2)c1. The number of rotatable bonds is 7. The van der Waals surface area contributed by atoms with Gasteiger partial charge in [-0.1, -0.05) is 54.6 Å². The molecular formula is C28H23N3O5. The van der Waals surface area contributed by atoms with Gasteiger partial charge in [-0.15, -0.1) is 0 Å². The number of carbonyl (C=O) groups excluding carboxylic acids is 3. The molecule has 1 aliphatic rings. The van der Waals surface area contributed by atoms with Crippen molar-refractivity contribution in [2.75, 3.05) is 18.4 Å². The highest BCUT2D eigenvalue weighted by molar-refractivity contribution is 5.97. The third-order valence-electron chi connectivity index (χ3n) is 5.71. The Kier molecular flexibility index (Phi) is 6.57. The van der Waals surface area contributed by atoms with Gasteiger partial charge in [0.25, 0.3) is 0 Å². The number of likely N-dealkylation sites (tertiary alicyclic amines) is 1. The molecule has 0 bridgehead atoms. The number of oxazole rings is 1. The normalized spacial score (nSPS) is 13.0. The smallest absolute Gasteiger partial charge is 0.366 e. The van der Waals surface area contributed by atoms with Crippen molar-refractivity contribution in [3.05, 3.63) is 90.6 Å². The van der Waals surface area contributed by atoms with E-state index in [2.05, 4.69) is 10.3 Å². The maximum Gasteiger partial charge on any atom is 0.366 e. The van der Waals surface area contributed by atoms with Crippen LogP contribution in [0.4, 0.5) is 5.69 Å². The minimum atomic E-state index is -0.689. The Balaban J connectivity index is 1.35. The van der Waals surface area contributed by atoms with E-state index < -0.39 is 5.97 Å². The minimum absolute atomic E-state index is 0.00944. The second kappa shape index (κ2) is 10.3. The van der Waals surface area contributed by atoms with Crippen LogP contribution in [0.5, 0.6) is 5.75 Å². The van der Waals surface area contributed by atoms with Gasteiger partial charge in [0.1, 0.15) is 5.75 Å². The van der Waals surface area contributed by atoms with Gasteiger partial charge < -0.3 is 19.4 Å². The minimum Gasteiger partial charge on any atom is -0.435 e. The van der Waals surface area contributed by atoms with Crippen LogP contribution in [0.15, 0.2) is 89.3 Å². The molecule has 5 rings (SSSR count). The molecule has 8 nitrogen and oxygen atoms in total. The van der Waals surface area contributed by atoms with Crippen LogP contribution in [0, 0.1) is 0 Å². The molecule has 1 aliphatic heterocycles. The maximum absolute atomic E-state index is 13.2. The summed E-state index contributed by atoms with van der Waals surface area (Å²) in [4.78, 5) is 43.3. The largest absolute Gasteiger partial charge is 0.435 e. The number of nitrogens with one attached hydrogen (secondary N) is 1. The predicted molar refractivity (Wildman–Crippen MR) is 133 cm³/mol. The molecule has 4 aromatic rings. The van der Waals surface area contributed by atoms with Crippen molar-refractivity contribution in [1.29, 1.82) is 0 Å². The lowest BCUT2D eigenvalue weighted by Crippen LogP contribution is -2.33. The first-order valence-electron chi connectivity index (χ1n) is 11.6. The molecule has 2 heterocycles. The predicted octanol–water partition coefficient (Wildman–Crippen LogP) is 4.79. The summed E-state index contributed by atoms with van der Waals surface area (Å²) in [6.07, 6.45) is 1.23. The molecule has 36 heavy (non-hydrogen) atoms. The van der Waals surface area contributed by atoms with E-state index in [1.807, 2.05) is 60.7 Å². The molecule has 3 aromatic carbocycles. The fourth-order valence-corrected chi connectivity index (χ4v) is 3.99. The van der Waals surface area contributed by atoms with Crippen LogP contribution in [0.25, 0.3) is 22.8 Å². The van der Waals surface area contributed by atoms with Crippen LogP contribution in [-0.2, 0) is 9.59 Å². The number of carbonyl (C=O) groups is 3. The summed E-state index contributed by atoms with van der Waals surface area (Å²) in [5.74, 6) is -0.184. The first-order chi connectivity index (χ1) is 17.6. The summed E-state index contributed by atoms with van der Waals surface area (Å²) in [6, 6.07) is 25.0. The van der Waals surface area contributed by atoms with Gasteiger partial charge in [-0.3, -0.25) is 9.59 Å². The lowest BCUT2D eigenvalue weighted by atomic mass is 10.1. The van der Waals surface area contributed by atoms with E-state index in [1.54, 1.807) is 24.3 Å². The molecule has 0 unspecified atom stereocenters. The fourth-order valence-electron chi connectivity index (χ4n) is 3.99. The molecule has 1 N–H and O–H groups in total. The van der Waals surface area contributed by atoms with Crippen molar-refractivity contribution < 1.29 is 23.5 Å². The van der Waals surface area contributed by atoms with E-state index >= 15 is 0 Å². The van der Waals surface area contributed by atoms with Gasteiger partial charge in [0.15, 0.2) is 11.5 Å².